The summed E-state index contributed by atoms with van der Waals surface area (Å²) in [6.45, 7) is 3.43. The Hall–Kier alpha value is -0.120. The lowest BCUT2D eigenvalue weighted by atomic mass is 9.84. The lowest BCUT2D eigenvalue weighted by molar-refractivity contribution is 0.0370. The van der Waals surface area contributed by atoms with Crippen LogP contribution in [0.3, 0.4) is 0 Å². The second-order valence-corrected chi connectivity index (χ2v) is 4.84. The van der Waals surface area contributed by atoms with Gasteiger partial charge in [-0.05, 0) is 38.1 Å². The normalized spacial score (nSPS) is 39.4. The van der Waals surface area contributed by atoms with E-state index >= 15 is 0 Å². The molecule has 0 spiro atoms. The summed E-state index contributed by atoms with van der Waals surface area (Å²) in [7, 11) is 1.80. The third kappa shape index (κ3) is 2.27. The highest BCUT2D eigenvalue weighted by atomic mass is 16.5. The second-order valence-electron chi connectivity index (χ2n) is 4.84. The molecule has 2 aliphatic rings. The summed E-state index contributed by atoms with van der Waals surface area (Å²) in [5.41, 5.74) is 5.82. The van der Waals surface area contributed by atoms with Crippen molar-refractivity contribution < 1.29 is 4.74 Å². The van der Waals surface area contributed by atoms with Gasteiger partial charge in [-0.15, -0.1) is 0 Å². The summed E-state index contributed by atoms with van der Waals surface area (Å²) in [6, 6.07) is 1.26. The van der Waals surface area contributed by atoms with E-state index in [0.717, 1.165) is 18.6 Å². The zero-order valence-corrected chi connectivity index (χ0v) is 9.11. The number of nitrogens with two attached hydrogens (primary N) is 1. The number of rotatable bonds is 3. The van der Waals surface area contributed by atoms with E-state index in [4.69, 9.17) is 10.5 Å². The van der Waals surface area contributed by atoms with E-state index in [1.54, 1.807) is 7.11 Å². The molecular weight excluding hydrogens is 176 g/mol. The van der Waals surface area contributed by atoms with Crippen LogP contribution < -0.4 is 5.73 Å². The zero-order chi connectivity index (χ0) is 9.97. The number of likely N-dealkylation sites (tertiary alicyclic amines) is 1. The fourth-order valence-corrected chi connectivity index (χ4v) is 2.73. The van der Waals surface area contributed by atoms with Gasteiger partial charge >= 0.3 is 0 Å². The van der Waals surface area contributed by atoms with Crippen LogP contribution >= 0.6 is 0 Å². The lowest BCUT2D eigenvalue weighted by Crippen LogP contribution is -2.53. The molecule has 2 rings (SSSR count). The van der Waals surface area contributed by atoms with Gasteiger partial charge in [-0.25, -0.2) is 0 Å². The number of ether oxygens (including phenoxy) is 1. The molecule has 1 atom stereocenters. The third-order valence-corrected chi connectivity index (χ3v) is 3.62. The smallest absolute Gasteiger partial charge is 0.0502 e. The molecule has 1 saturated heterocycles. The highest BCUT2D eigenvalue weighted by molar-refractivity contribution is 4.91. The van der Waals surface area contributed by atoms with E-state index in [9.17, 15) is 0 Å². The van der Waals surface area contributed by atoms with Crippen molar-refractivity contribution in [2.45, 2.75) is 37.8 Å². The van der Waals surface area contributed by atoms with E-state index in [-0.39, 0.29) is 0 Å². The molecule has 3 heteroatoms. The van der Waals surface area contributed by atoms with Crippen molar-refractivity contribution in [1.29, 1.82) is 0 Å². The maximum Gasteiger partial charge on any atom is 0.0502 e. The topological polar surface area (TPSA) is 38.5 Å². The number of piperidine rings is 1. The molecule has 0 amide bonds. The summed E-state index contributed by atoms with van der Waals surface area (Å²) < 4.78 is 5.23. The predicted molar refractivity (Wildman–Crippen MR) is 57.2 cm³/mol. The van der Waals surface area contributed by atoms with Gasteiger partial charge in [-0.1, -0.05) is 0 Å². The summed E-state index contributed by atoms with van der Waals surface area (Å²) in [4.78, 5) is 2.62. The van der Waals surface area contributed by atoms with E-state index in [2.05, 4.69) is 4.90 Å². The Labute approximate surface area is 86.6 Å². The summed E-state index contributed by atoms with van der Waals surface area (Å²) in [5, 5.41) is 0. The molecule has 2 N–H and O–H groups in total. The molecule has 82 valence electrons. The maximum atomic E-state index is 5.82. The van der Waals surface area contributed by atoms with Crippen molar-refractivity contribution in [3.8, 4) is 0 Å². The number of hydrogen-bond acceptors (Lipinski definition) is 3. The Morgan fingerprint density at radius 3 is 2.86 bits per heavy atom. The Morgan fingerprint density at radius 1 is 1.43 bits per heavy atom. The standard InChI is InChI=1S/C11H22N2O/c1-14-8-9-3-2-4-13(7-9)11-5-10(12)6-11/h9-11H,2-8,12H2,1H3. The van der Waals surface area contributed by atoms with Crippen molar-refractivity contribution >= 4 is 0 Å². The summed E-state index contributed by atoms with van der Waals surface area (Å²) in [6.07, 6.45) is 5.09. The first-order valence-electron chi connectivity index (χ1n) is 5.78. The monoisotopic (exact) mass is 198 g/mol. The van der Waals surface area contributed by atoms with Gasteiger partial charge in [0, 0.05) is 25.7 Å². The molecule has 0 radical (unpaired) electrons. The van der Waals surface area contributed by atoms with Crippen molar-refractivity contribution in [2.24, 2.45) is 11.7 Å². The highest BCUT2D eigenvalue weighted by Gasteiger charge is 2.33. The quantitative estimate of drug-likeness (QED) is 0.730. The number of nitrogens with zero attached hydrogens (tertiary/aromatic N) is 1. The first-order chi connectivity index (χ1) is 6.79. The van der Waals surface area contributed by atoms with Crippen LogP contribution in [0, 0.1) is 5.92 Å². The molecule has 2 fully saturated rings. The van der Waals surface area contributed by atoms with Gasteiger partial charge in [-0.2, -0.15) is 0 Å². The van der Waals surface area contributed by atoms with E-state index in [1.165, 1.54) is 38.8 Å². The first-order valence-corrected chi connectivity index (χ1v) is 5.78. The van der Waals surface area contributed by atoms with Gasteiger partial charge in [-0.3, -0.25) is 4.90 Å². The lowest BCUT2D eigenvalue weighted by Gasteiger charge is -2.45. The van der Waals surface area contributed by atoms with Crippen molar-refractivity contribution in [3.05, 3.63) is 0 Å². The summed E-state index contributed by atoms with van der Waals surface area (Å²) in [5.74, 6) is 0.755. The van der Waals surface area contributed by atoms with Crippen LogP contribution in [0.25, 0.3) is 0 Å². The number of methoxy groups -OCH3 is 1. The Kier molecular flexibility index (Phi) is 3.42. The van der Waals surface area contributed by atoms with E-state index in [1.807, 2.05) is 0 Å². The molecule has 1 aliphatic carbocycles. The molecule has 0 aromatic rings. The second kappa shape index (κ2) is 4.60. The molecule has 14 heavy (non-hydrogen) atoms. The van der Waals surface area contributed by atoms with Crippen molar-refractivity contribution in [3.63, 3.8) is 0 Å². The fourth-order valence-electron chi connectivity index (χ4n) is 2.73. The van der Waals surface area contributed by atoms with Gasteiger partial charge in [0.15, 0.2) is 0 Å². The molecule has 0 bridgehead atoms. The van der Waals surface area contributed by atoms with Crippen molar-refractivity contribution in [2.75, 3.05) is 26.8 Å². The molecule has 1 aliphatic heterocycles. The minimum absolute atomic E-state index is 0.475. The molecule has 1 unspecified atom stereocenters. The van der Waals surface area contributed by atoms with Crippen LogP contribution in [0.2, 0.25) is 0 Å². The fraction of sp³-hybridized carbons (Fsp3) is 1.00. The van der Waals surface area contributed by atoms with Crippen LogP contribution in [-0.2, 0) is 4.74 Å². The first kappa shape index (κ1) is 10.4. The van der Waals surface area contributed by atoms with Crippen LogP contribution in [0.1, 0.15) is 25.7 Å². The van der Waals surface area contributed by atoms with Gasteiger partial charge in [0.2, 0.25) is 0 Å². The molecule has 3 nitrogen and oxygen atoms in total. The Balaban J connectivity index is 1.76. The largest absolute Gasteiger partial charge is 0.384 e. The SMILES string of the molecule is COCC1CCCN(C2CC(N)C2)C1. The molecule has 1 heterocycles. The number of hydrogen-bond donors (Lipinski definition) is 1. The van der Waals surface area contributed by atoms with Crippen LogP contribution in [0.15, 0.2) is 0 Å². The minimum atomic E-state index is 0.475. The van der Waals surface area contributed by atoms with Crippen LogP contribution in [0.4, 0.5) is 0 Å². The predicted octanol–water partition coefficient (Wildman–Crippen LogP) is 0.835. The summed E-state index contributed by atoms with van der Waals surface area (Å²) >= 11 is 0. The van der Waals surface area contributed by atoms with E-state index in [0.29, 0.717) is 6.04 Å². The molecule has 0 aromatic carbocycles. The van der Waals surface area contributed by atoms with Crippen LogP contribution in [-0.4, -0.2) is 43.8 Å². The van der Waals surface area contributed by atoms with Gasteiger partial charge in [0.25, 0.3) is 0 Å². The minimum Gasteiger partial charge on any atom is -0.384 e. The van der Waals surface area contributed by atoms with Crippen molar-refractivity contribution in [1.82, 2.24) is 4.90 Å². The Morgan fingerprint density at radius 2 is 2.21 bits per heavy atom. The van der Waals surface area contributed by atoms with Gasteiger partial charge < -0.3 is 10.5 Å². The molecule has 1 saturated carbocycles. The van der Waals surface area contributed by atoms with Crippen LogP contribution in [0.5, 0.6) is 0 Å². The zero-order valence-electron chi connectivity index (χ0n) is 9.11. The molecular formula is C11H22N2O. The third-order valence-electron chi connectivity index (χ3n) is 3.62. The van der Waals surface area contributed by atoms with Gasteiger partial charge in [0.1, 0.15) is 0 Å². The highest BCUT2D eigenvalue weighted by Crippen LogP contribution is 2.28. The average Bonchev–Trinajstić information content (AvgIpc) is 2.14. The average molecular weight is 198 g/mol. The Bertz CT molecular complexity index is 176. The van der Waals surface area contributed by atoms with E-state index < -0.39 is 0 Å². The maximum absolute atomic E-state index is 5.82. The van der Waals surface area contributed by atoms with Gasteiger partial charge in [0.05, 0.1) is 6.61 Å². The molecule has 0 aromatic heterocycles.